The van der Waals surface area contributed by atoms with Gasteiger partial charge in [-0.25, -0.2) is 0 Å². The Morgan fingerprint density at radius 3 is 2.41 bits per heavy atom. The third-order valence-electron chi connectivity index (χ3n) is 3.00. The molecule has 1 atom stereocenters. The Morgan fingerprint density at radius 1 is 0.882 bits per heavy atom. The summed E-state index contributed by atoms with van der Waals surface area (Å²) in [5.41, 5.74) is 2.98. The van der Waals surface area contributed by atoms with E-state index in [1.165, 1.54) is 0 Å². The maximum absolute atomic E-state index is 10.0. The van der Waals surface area contributed by atoms with E-state index in [1.807, 2.05) is 48.5 Å². The minimum absolute atomic E-state index is 0.0334. The van der Waals surface area contributed by atoms with Gasteiger partial charge >= 0.3 is 0 Å². The van der Waals surface area contributed by atoms with E-state index in [1.54, 1.807) is 0 Å². The Hall–Kier alpha value is -2.22. The summed E-state index contributed by atoms with van der Waals surface area (Å²) >= 11 is 0. The standard InChI is InChI=1S/C15H13NO/c17-15-10-14(11-6-2-1-3-7-11)16-13-9-5-4-8-12(13)15/h1-10,14,16-17H/t14-/m0/s1. The second kappa shape index (κ2) is 3.98. The van der Waals surface area contributed by atoms with Crippen LogP contribution in [-0.2, 0) is 0 Å². The lowest BCUT2D eigenvalue weighted by Gasteiger charge is -2.24. The number of benzene rings is 2. The van der Waals surface area contributed by atoms with E-state index in [2.05, 4.69) is 17.4 Å². The van der Waals surface area contributed by atoms with E-state index >= 15 is 0 Å². The first-order valence-electron chi connectivity index (χ1n) is 5.66. The van der Waals surface area contributed by atoms with Gasteiger partial charge in [-0.2, -0.15) is 0 Å². The number of hydrogen-bond acceptors (Lipinski definition) is 2. The molecule has 0 saturated heterocycles. The van der Waals surface area contributed by atoms with Gasteiger partial charge in [-0.15, -0.1) is 0 Å². The third kappa shape index (κ3) is 1.78. The molecule has 2 aromatic rings. The Bertz CT molecular complexity index is 560. The Balaban J connectivity index is 2.02. The van der Waals surface area contributed by atoms with Crippen molar-refractivity contribution < 1.29 is 5.11 Å². The van der Waals surface area contributed by atoms with Crippen molar-refractivity contribution in [3.05, 3.63) is 71.8 Å². The molecule has 1 heterocycles. The summed E-state index contributed by atoms with van der Waals surface area (Å²) in [6, 6.07) is 17.9. The lowest BCUT2D eigenvalue weighted by Crippen LogP contribution is -2.14. The molecule has 0 aromatic heterocycles. The van der Waals surface area contributed by atoms with Gasteiger partial charge in [0.15, 0.2) is 0 Å². The number of aliphatic hydroxyl groups excluding tert-OH is 1. The SMILES string of the molecule is OC1=C[C@@H](c2ccccc2)Nc2ccccc21. The number of aliphatic hydroxyl groups is 1. The number of anilines is 1. The predicted octanol–water partition coefficient (Wildman–Crippen LogP) is 3.75. The average Bonchev–Trinajstić information content (AvgIpc) is 2.40. The van der Waals surface area contributed by atoms with Crippen LogP contribution in [0.2, 0.25) is 0 Å². The van der Waals surface area contributed by atoms with Crippen molar-refractivity contribution in [3.63, 3.8) is 0 Å². The lowest BCUT2D eigenvalue weighted by atomic mass is 9.99. The molecule has 0 bridgehead atoms. The smallest absolute Gasteiger partial charge is 0.123 e. The van der Waals surface area contributed by atoms with Crippen LogP contribution >= 0.6 is 0 Å². The molecule has 3 rings (SSSR count). The monoisotopic (exact) mass is 223 g/mol. The third-order valence-corrected chi connectivity index (χ3v) is 3.00. The van der Waals surface area contributed by atoms with Crippen molar-refractivity contribution in [2.24, 2.45) is 0 Å². The molecule has 0 radical (unpaired) electrons. The van der Waals surface area contributed by atoms with Crippen LogP contribution in [0, 0.1) is 0 Å². The summed E-state index contributed by atoms with van der Waals surface area (Å²) in [6.07, 6.45) is 1.84. The highest BCUT2D eigenvalue weighted by Crippen LogP contribution is 2.33. The zero-order chi connectivity index (χ0) is 11.7. The molecule has 2 N–H and O–H groups in total. The highest BCUT2D eigenvalue weighted by Gasteiger charge is 2.18. The molecule has 0 spiro atoms. The fraction of sp³-hybridized carbons (Fsp3) is 0.0667. The quantitative estimate of drug-likeness (QED) is 0.771. The molecule has 17 heavy (non-hydrogen) atoms. The van der Waals surface area contributed by atoms with Crippen molar-refractivity contribution in [2.75, 3.05) is 5.32 Å². The molecule has 0 aliphatic carbocycles. The van der Waals surface area contributed by atoms with Crippen LogP contribution in [0.1, 0.15) is 17.2 Å². The van der Waals surface area contributed by atoms with Gasteiger partial charge in [0, 0.05) is 11.3 Å². The van der Waals surface area contributed by atoms with Gasteiger partial charge < -0.3 is 10.4 Å². The van der Waals surface area contributed by atoms with Crippen LogP contribution in [0.25, 0.3) is 5.76 Å². The largest absolute Gasteiger partial charge is 0.507 e. The van der Waals surface area contributed by atoms with E-state index in [0.29, 0.717) is 5.76 Å². The van der Waals surface area contributed by atoms with Gasteiger partial charge in [0.1, 0.15) is 5.76 Å². The lowest BCUT2D eigenvalue weighted by molar-refractivity contribution is 0.506. The van der Waals surface area contributed by atoms with Gasteiger partial charge in [0.2, 0.25) is 0 Å². The summed E-state index contributed by atoms with van der Waals surface area (Å²) in [6.45, 7) is 0. The maximum Gasteiger partial charge on any atom is 0.123 e. The molecule has 0 saturated carbocycles. The van der Waals surface area contributed by atoms with Crippen molar-refractivity contribution in [1.29, 1.82) is 0 Å². The molecule has 1 aliphatic heterocycles. The number of nitrogens with one attached hydrogen (secondary N) is 1. The normalized spacial score (nSPS) is 17.9. The van der Waals surface area contributed by atoms with Gasteiger partial charge in [-0.1, -0.05) is 42.5 Å². The minimum Gasteiger partial charge on any atom is -0.507 e. The Morgan fingerprint density at radius 2 is 1.59 bits per heavy atom. The molecular formula is C15H13NO. The highest BCUT2D eigenvalue weighted by molar-refractivity contribution is 5.76. The first kappa shape index (κ1) is 9.97. The first-order chi connectivity index (χ1) is 8.34. The number of hydrogen-bond donors (Lipinski definition) is 2. The fourth-order valence-corrected chi connectivity index (χ4v) is 2.13. The van der Waals surface area contributed by atoms with E-state index < -0.39 is 0 Å². The predicted molar refractivity (Wildman–Crippen MR) is 69.9 cm³/mol. The zero-order valence-corrected chi connectivity index (χ0v) is 9.30. The second-order valence-corrected chi connectivity index (χ2v) is 4.13. The fourth-order valence-electron chi connectivity index (χ4n) is 2.13. The molecule has 2 heteroatoms. The average molecular weight is 223 g/mol. The maximum atomic E-state index is 10.0. The summed E-state index contributed by atoms with van der Waals surface area (Å²) in [4.78, 5) is 0. The zero-order valence-electron chi connectivity index (χ0n) is 9.30. The number of rotatable bonds is 1. The van der Waals surface area contributed by atoms with Crippen LogP contribution in [-0.4, -0.2) is 5.11 Å². The first-order valence-corrected chi connectivity index (χ1v) is 5.66. The molecule has 0 fully saturated rings. The number of para-hydroxylation sites is 1. The van der Waals surface area contributed by atoms with Crippen molar-refractivity contribution >= 4 is 11.4 Å². The minimum atomic E-state index is 0.0334. The molecule has 0 unspecified atom stereocenters. The molecule has 0 amide bonds. The second-order valence-electron chi connectivity index (χ2n) is 4.13. The topological polar surface area (TPSA) is 32.3 Å². The van der Waals surface area contributed by atoms with E-state index in [9.17, 15) is 5.11 Å². The van der Waals surface area contributed by atoms with Crippen molar-refractivity contribution in [1.82, 2.24) is 0 Å². The van der Waals surface area contributed by atoms with E-state index in [0.717, 1.165) is 16.8 Å². The summed E-state index contributed by atoms with van der Waals surface area (Å²) in [5, 5.41) is 13.4. The highest BCUT2D eigenvalue weighted by atomic mass is 16.3. The molecule has 2 nitrogen and oxygen atoms in total. The molecule has 1 aliphatic rings. The van der Waals surface area contributed by atoms with Gasteiger partial charge in [-0.05, 0) is 23.8 Å². The number of fused-ring (bicyclic) bond motifs is 1. The van der Waals surface area contributed by atoms with Crippen molar-refractivity contribution in [2.45, 2.75) is 6.04 Å². The summed E-state index contributed by atoms with van der Waals surface area (Å²) < 4.78 is 0. The van der Waals surface area contributed by atoms with E-state index in [4.69, 9.17) is 0 Å². The van der Waals surface area contributed by atoms with Gasteiger partial charge in [-0.3, -0.25) is 0 Å². The molecular weight excluding hydrogens is 210 g/mol. The molecule has 2 aromatic carbocycles. The summed E-state index contributed by atoms with van der Waals surface area (Å²) in [5.74, 6) is 0.341. The van der Waals surface area contributed by atoms with Crippen molar-refractivity contribution in [3.8, 4) is 0 Å². The van der Waals surface area contributed by atoms with Crippen LogP contribution in [0.15, 0.2) is 60.7 Å². The summed E-state index contributed by atoms with van der Waals surface area (Å²) in [7, 11) is 0. The van der Waals surface area contributed by atoms with Gasteiger partial charge in [0.25, 0.3) is 0 Å². The van der Waals surface area contributed by atoms with Crippen LogP contribution in [0.5, 0.6) is 0 Å². The molecule has 84 valence electrons. The van der Waals surface area contributed by atoms with Crippen LogP contribution < -0.4 is 5.32 Å². The van der Waals surface area contributed by atoms with E-state index in [-0.39, 0.29) is 6.04 Å². The Labute approximate surface area is 100 Å². The van der Waals surface area contributed by atoms with Crippen LogP contribution in [0.3, 0.4) is 0 Å². The van der Waals surface area contributed by atoms with Crippen LogP contribution in [0.4, 0.5) is 5.69 Å². The van der Waals surface area contributed by atoms with Gasteiger partial charge in [0.05, 0.1) is 6.04 Å². The Kier molecular flexibility index (Phi) is 2.33.